The molecule has 23 heavy (non-hydrogen) atoms. The van der Waals surface area contributed by atoms with Crippen molar-refractivity contribution in [1.82, 2.24) is 9.97 Å². The Morgan fingerprint density at radius 1 is 1.13 bits per heavy atom. The zero-order valence-corrected chi connectivity index (χ0v) is 13.2. The molecule has 0 atom stereocenters. The number of hydrogen-bond acceptors (Lipinski definition) is 2. The van der Waals surface area contributed by atoms with E-state index < -0.39 is 0 Å². The van der Waals surface area contributed by atoms with E-state index in [-0.39, 0.29) is 0 Å². The topological polar surface area (TPSA) is 52.5 Å². The molecule has 0 saturated carbocycles. The number of allylic oxidation sites excluding steroid dienone is 3. The van der Waals surface area contributed by atoms with Crippen LogP contribution in [0.15, 0.2) is 54.6 Å². The average molecular weight is 299 g/mol. The molecule has 112 valence electrons. The molecule has 0 aliphatic heterocycles. The summed E-state index contributed by atoms with van der Waals surface area (Å²) in [5.41, 5.74) is 5.86. The molecule has 2 aromatic carbocycles. The zero-order valence-electron chi connectivity index (χ0n) is 13.2. The largest absolute Gasteiger partial charge is 0.337 e. The first-order valence-corrected chi connectivity index (χ1v) is 7.48. The average Bonchev–Trinajstić information content (AvgIpc) is 2.95. The number of nitriles is 1. The molecule has 3 nitrogen and oxygen atoms in total. The van der Waals surface area contributed by atoms with E-state index in [0.29, 0.717) is 11.4 Å². The summed E-state index contributed by atoms with van der Waals surface area (Å²) >= 11 is 0. The van der Waals surface area contributed by atoms with Crippen molar-refractivity contribution in [3.63, 3.8) is 0 Å². The number of nitrogens with zero attached hydrogens (tertiary/aromatic N) is 2. The number of hydrogen-bond donors (Lipinski definition) is 1. The highest BCUT2D eigenvalue weighted by atomic mass is 14.9. The van der Waals surface area contributed by atoms with Gasteiger partial charge in [-0.15, -0.1) is 0 Å². The highest BCUT2D eigenvalue weighted by molar-refractivity contribution is 5.83. The van der Waals surface area contributed by atoms with Gasteiger partial charge in [0.05, 0.1) is 16.6 Å². The molecule has 0 bridgehead atoms. The molecule has 1 aromatic heterocycles. The van der Waals surface area contributed by atoms with E-state index in [9.17, 15) is 5.26 Å². The van der Waals surface area contributed by atoms with Crippen molar-refractivity contribution in [2.75, 3.05) is 0 Å². The second kappa shape index (κ2) is 6.33. The van der Waals surface area contributed by atoms with Crippen LogP contribution in [0.4, 0.5) is 0 Å². The number of aromatic nitrogens is 2. The van der Waals surface area contributed by atoms with Crippen LogP contribution in [0, 0.1) is 25.2 Å². The molecule has 0 unspecified atom stereocenters. The normalized spacial score (nSPS) is 12.0. The summed E-state index contributed by atoms with van der Waals surface area (Å²) in [6, 6.07) is 16.3. The van der Waals surface area contributed by atoms with Gasteiger partial charge in [-0.1, -0.05) is 42.5 Å². The Morgan fingerprint density at radius 2 is 1.87 bits per heavy atom. The van der Waals surface area contributed by atoms with Crippen LogP contribution in [-0.2, 0) is 0 Å². The maximum atomic E-state index is 9.40. The van der Waals surface area contributed by atoms with Gasteiger partial charge in [0.15, 0.2) is 0 Å². The molecule has 0 aliphatic rings. The second-order valence-electron chi connectivity index (χ2n) is 5.50. The molecule has 0 amide bonds. The first kappa shape index (κ1) is 14.8. The van der Waals surface area contributed by atoms with Crippen LogP contribution in [0.3, 0.4) is 0 Å². The summed E-state index contributed by atoms with van der Waals surface area (Å²) in [5, 5.41) is 9.40. The molecular formula is C20H17N3. The molecule has 0 radical (unpaired) electrons. The number of aromatic amines is 1. The number of nitrogens with one attached hydrogen (secondary N) is 1. The van der Waals surface area contributed by atoms with Gasteiger partial charge in [0.1, 0.15) is 11.9 Å². The first-order valence-electron chi connectivity index (χ1n) is 7.48. The van der Waals surface area contributed by atoms with Gasteiger partial charge in [-0.2, -0.15) is 5.26 Å². The summed E-state index contributed by atoms with van der Waals surface area (Å²) < 4.78 is 0. The van der Waals surface area contributed by atoms with Crippen molar-refractivity contribution in [2.45, 2.75) is 13.8 Å². The van der Waals surface area contributed by atoms with Crippen molar-refractivity contribution in [3.05, 3.63) is 77.1 Å². The van der Waals surface area contributed by atoms with E-state index in [2.05, 4.69) is 36.0 Å². The van der Waals surface area contributed by atoms with Gasteiger partial charge >= 0.3 is 0 Å². The lowest BCUT2D eigenvalue weighted by molar-refractivity contribution is 1.27. The summed E-state index contributed by atoms with van der Waals surface area (Å²) in [5.74, 6) is 0.602. The Hall–Kier alpha value is -3.12. The summed E-state index contributed by atoms with van der Waals surface area (Å²) in [6.45, 7) is 4.13. The van der Waals surface area contributed by atoms with Crippen molar-refractivity contribution in [1.29, 1.82) is 5.26 Å². The minimum absolute atomic E-state index is 0.517. The third kappa shape index (κ3) is 3.22. The van der Waals surface area contributed by atoms with E-state index in [1.807, 2.05) is 48.6 Å². The molecule has 0 fully saturated rings. The predicted molar refractivity (Wildman–Crippen MR) is 94.6 cm³/mol. The fraction of sp³-hybridized carbons (Fsp3) is 0.100. The van der Waals surface area contributed by atoms with Gasteiger partial charge < -0.3 is 4.98 Å². The lowest BCUT2D eigenvalue weighted by Gasteiger charge is -1.97. The van der Waals surface area contributed by atoms with E-state index >= 15 is 0 Å². The third-order valence-electron chi connectivity index (χ3n) is 3.82. The molecule has 1 heterocycles. The molecule has 0 spiro atoms. The van der Waals surface area contributed by atoms with Crippen LogP contribution in [0.1, 0.15) is 22.5 Å². The van der Waals surface area contributed by atoms with Crippen molar-refractivity contribution in [2.24, 2.45) is 0 Å². The fourth-order valence-corrected chi connectivity index (χ4v) is 2.39. The standard InChI is InChI=1S/C20H17N3/c1-14-11-18-19(12-15(14)2)23-20(22-18)17(13-21)10-6-9-16-7-4-3-5-8-16/h3-12H,1-2H3,(H,22,23)/b9-6+,17-10+. The van der Waals surface area contributed by atoms with Crippen LogP contribution in [-0.4, -0.2) is 9.97 Å². The van der Waals surface area contributed by atoms with E-state index in [1.54, 1.807) is 6.08 Å². The van der Waals surface area contributed by atoms with E-state index in [0.717, 1.165) is 16.6 Å². The molecular weight excluding hydrogens is 282 g/mol. The monoisotopic (exact) mass is 299 g/mol. The maximum absolute atomic E-state index is 9.40. The molecule has 1 N–H and O–H groups in total. The van der Waals surface area contributed by atoms with Gasteiger partial charge in [0, 0.05) is 0 Å². The van der Waals surface area contributed by atoms with E-state index in [4.69, 9.17) is 0 Å². The third-order valence-corrected chi connectivity index (χ3v) is 3.82. The lowest BCUT2D eigenvalue weighted by Crippen LogP contribution is -1.83. The smallest absolute Gasteiger partial charge is 0.149 e. The van der Waals surface area contributed by atoms with Crippen molar-refractivity contribution >= 4 is 22.7 Å². The van der Waals surface area contributed by atoms with Gasteiger partial charge in [0.2, 0.25) is 0 Å². The number of imidazole rings is 1. The number of aryl methyl sites for hydroxylation is 2. The fourth-order valence-electron chi connectivity index (χ4n) is 2.39. The molecule has 0 aliphatic carbocycles. The highest BCUT2D eigenvalue weighted by Crippen LogP contribution is 2.20. The van der Waals surface area contributed by atoms with Gasteiger partial charge in [-0.3, -0.25) is 0 Å². The minimum Gasteiger partial charge on any atom is -0.337 e. The maximum Gasteiger partial charge on any atom is 0.149 e. The summed E-state index contributed by atoms with van der Waals surface area (Å²) in [6.07, 6.45) is 5.62. The van der Waals surface area contributed by atoms with E-state index in [1.165, 1.54) is 11.1 Å². The molecule has 3 rings (SSSR count). The van der Waals surface area contributed by atoms with Crippen LogP contribution in [0.2, 0.25) is 0 Å². The number of fused-ring (bicyclic) bond motifs is 1. The summed E-state index contributed by atoms with van der Waals surface area (Å²) in [4.78, 5) is 7.76. The van der Waals surface area contributed by atoms with Gasteiger partial charge in [-0.25, -0.2) is 4.98 Å². The Morgan fingerprint density at radius 3 is 2.61 bits per heavy atom. The van der Waals surface area contributed by atoms with Crippen LogP contribution in [0.25, 0.3) is 22.7 Å². The number of rotatable bonds is 3. The van der Waals surface area contributed by atoms with Crippen molar-refractivity contribution in [3.8, 4) is 6.07 Å². The lowest BCUT2D eigenvalue weighted by atomic mass is 10.1. The highest BCUT2D eigenvalue weighted by Gasteiger charge is 2.08. The number of H-pyrrole nitrogens is 1. The summed E-state index contributed by atoms with van der Waals surface area (Å²) in [7, 11) is 0. The van der Waals surface area contributed by atoms with Crippen molar-refractivity contribution < 1.29 is 0 Å². The predicted octanol–water partition coefficient (Wildman–Crippen LogP) is 4.80. The van der Waals surface area contributed by atoms with Gasteiger partial charge in [-0.05, 0) is 48.7 Å². The molecule has 3 heteroatoms. The second-order valence-corrected chi connectivity index (χ2v) is 5.50. The zero-order chi connectivity index (χ0) is 16.2. The van der Waals surface area contributed by atoms with Crippen LogP contribution >= 0.6 is 0 Å². The Labute approximate surface area is 135 Å². The quantitative estimate of drug-likeness (QED) is 0.558. The van der Waals surface area contributed by atoms with Gasteiger partial charge in [0.25, 0.3) is 0 Å². The Bertz CT molecular complexity index is 899. The molecule has 0 saturated heterocycles. The SMILES string of the molecule is Cc1cc2nc(/C(C#N)=C/C=C/c3ccccc3)[nH]c2cc1C. The Kier molecular flexibility index (Phi) is 4.07. The molecule has 3 aromatic rings. The minimum atomic E-state index is 0.517. The van der Waals surface area contributed by atoms with Crippen LogP contribution in [0.5, 0.6) is 0 Å². The van der Waals surface area contributed by atoms with Crippen LogP contribution < -0.4 is 0 Å². The Balaban J connectivity index is 1.93. The number of benzene rings is 2. The first-order chi connectivity index (χ1) is 11.2.